The van der Waals surface area contributed by atoms with E-state index in [2.05, 4.69) is 17.1 Å². The van der Waals surface area contributed by atoms with Gasteiger partial charge in [-0.25, -0.2) is 0 Å². The van der Waals surface area contributed by atoms with Crippen molar-refractivity contribution in [2.24, 2.45) is 0 Å². The summed E-state index contributed by atoms with van der Waals surface area (Å²) >= 11 is 6.19. The first-order chi connectivity index (χ1) is 15.0. The van der Waals surface area contributed by atoms with Gasteiger partial charge in [0.2, 0.25) is 0 Å². The van der Waals surface area contributed by atoms with Gasteiger partial charge in [0.1, 0.15) is 22.9 Å². The van der Waals surface area contributed by atoms with Crippen LogP contribution >= 0.6 is 11.6 Å². The highest BCUT2D eigenvalue weighted by molar-refractivity contribution is 6.31. The van der Waals surface area contributed by atoms with Crippen LogP contribution in [0.3, 0.4) is 0 Å². The Hall–Kier alpha value is -2.99. The molecule has 0 saturated heterocycles. The van der Waals surface area contributed by atoms with Gasteiger partial charge in [0, 0.05) is 22.7 Å². The number of H-pyrrole nitrogens is 1. The van der Waals surface area contributed by atoms with Crippen LogP contribution in [0.25, 0.3) is 11.3 Å². The second-order valence-electron chi connectivity index (χ2n) is 7.63. The fraction of sp³-hybridized carbons (Fsp3) is 0.333. The Labute approximate surface area is 186 Å². The molecule has 1 aliphatic heterocycles. The number of phenolic OH excluding ortho intramolecular Hbond substituents is 1. The molecule has 162 valence electrons. The van der Waals surface area contributed by atoms with E-state index in [1.54, 1.807) is 18.2 Å². The quantitative estimate of drug-likeness (QED) is 0.450. The molecule has 0 aliphatic carbocycles. The van der Waals surface area contributed by atoms with Crippen molar-refractivity contribution in [3.8, 4) is 22.8 Å². The number of hydrogen-bond donors (Lipinski definition) is 2. The normalized spacial score (nSPS) is 15.4. The Morgan fingerprint density at radius 2 is 1.94 bits per heavy atom. The standard InChI is InChI=1S/C24H26ClN3O3/c1-3-5-6-13-28-23(15-7-10-17(11-8-15)31-4-2)20-21(26-27-22(20)24(28)30)18-14-16(25)9-12-19(18)29/h7-12,14,23,29H,3-6,13H2,1-2H3,(H,26,27). The zero-order valence-corrected chi connectivity index (χ0v) is 18.4. The summed E-state index contributed by atoms with van der Waals surface area (Å²) in [6.07, 6.45) is 3.05. The van der Waals surface area contributed by atoms with Crippen molar-refractivity contribution in [2.45, 2.75) is 39.2 Å². The summed E-state index contributed by atoms with van der Waals surface area (Å²) in [5.41, 5.74) is 3.24. The molecule has 1 atom stereocenters. The van der Waals surface area contributed by atoms with Crippen molar-refractivity contribution in [3.05, 3.63) is 64.3 Å². The highest BCUT2D eigenvalue weighted by Gasteiger charge is 2.42. The Morgan fingerprint density at radius 1 is 1.16 bits per heavy atom. The monoisotopic (exact) mass is 439 g/mol. The summed E-state index contributed by atoms with van der Waals surface area (Å²) in [6.45, 7) is 5.32. The molecule has 2 heterocycles. The fourth-order valence-corrected chi connectivity index (χ4v) is 4.29. The molecule has 0 bridgehead atoms. The number of hydrogen-bond acceptors (Lipinski definition) is 4. The van der Waals surface area contributed by atoms with Crippen molar-refractivity contribution in [2.75, 3.05) is 13.2 Å². The predicted molar refractivity (Wildman–Crippen MR) is 121 cm³/mol. The Kier molecular flexibility index (Phi) is 6.18. The first-order valence-corrected chi connectivity index (χ1v) is 11.0. The van der Waals surface area contributed by atoms with E-state index in [-0.39, 0.29) is 17.7 Å². The molecule has 0 spiro atoms. The van der Waals surface area contributed by atoms with Gasteiger partial charge in [0.25, 0.3) is 5.91 Å². The molecule has 1 amide bonds. The summed E-state index contributed by atoms with van der Waals surface area (Å²) in [6, 6.07) is 12.3. The van der Waals surface area contributed by atoms with E-state index in [1.807, 2.05) is 36.1 Å². The maximum Gasteiger partial charge on any atom is 0.273 e. The van der Waals surface area contributed by atoms with Crippen molar-refractivity contribution in [1.82, 2.24) is 15.1 Å². The molecule has 1 unspecified atom stereocenters. The minimum absolute atomic E-state index is 0.0704. The van der Waals surface area contributed by atoms with E-state index in [0.717, 1.165) is 36.1 Å². The third-order valence-electron chi connectivity index (χ3n) is 5.59. The lowest BCUT2D eigenvalue weighted by atomic mass is 9.95. The van der Waals surface area contributed by atoms with Crippen LogP contribution in [0.2, 0.25) is 5.02 Å². The molecule has 2 aromatic carbocycles. The first kappa shape index (κ1) is 21.2. The van der Waals surface area contributed by atoms with Gasteiger partial charge in [-0.1, -0.05) is 43.5 Å². The van der Waals surface area contributed by atoms with Crippen LogP contribution in [0, 0.1) is 0 Å². The SMILES string of the molecule is CCCCCN1C(=O)c2[nH]nc(-c3cc(Cl)ccc3O)c2C1c1ccc(OCC)cc1. The lowest BCUT2D eigenvalue weighted by molar-refractivity contribution is 0.0740. The topological polar surface area (TPSA) is 78.5 Å². The van der Waals surface area contributed by atoms with Gasteiger partial charge in [-0.3, -0.25) is 9.89 Å². The molecule has 6 nitrogen and oxygen atoms in total. The molecule has 2 N–H and O–H groups in total. The van der Waals surface area contributed by atoms with E-state index in [9.17, 15) is 9.90 Å². The van der Waals surface area contributed by atoms with Crippen LogP contribution < -0.4 is 4.74 Å². The predicted octanol–water partition coefficient (Wildman–Crippen LogP) is 5.57. The number of aromatic nitrogens is 2. The number of aromatic amines is 1. The number of benzene rings is 2. The molecule has 1 aliphatic rings. The van der Waals surface area contributed by atoms with E-state index >= 15 is 0 Å². The molecule has 1 aromatic heterocycles. The summed E-state index contributed by atoms with van der Waals surface area (Å²) < 4.78 is 5.58. The number of aromatic hydroxyl groups is 1. The smallest absolute Gasteiger partial charge is 0.273 e. The molecule has 0 radical (unpaired) electrons. The maximum absolute atomic E-state index is 13.3. The average Bonchev–Trinajstić information content (AvgIpc) is 3.30. The number of halogens is 1. The summed E-state index contributed by atoms with van der Waals surface area (Å²) in [5, 5.41) is 18.3. The zero-order valence-electron chi connectivity index (χ0n) is 17.7. The molecule has 4 rings (SSSR count). The van der Waals surface area contributed by atoms with E-state index in [0.29, 0.717) is 35.1 Å². The minimum Gasteiger partial charge on any atom is -0.507 e. The molecule has 0 saturated carbocycles. The van der Waals surface area contributed by atoms with Gasteiger partial charge in [0.15, 0.2) is 0 Å². The van der Waals surface area contributed by atoms with Crippen molar-refractivity contribution < 1.29 is 14.6 Å². The largest absolute Gasteiger partial charge is 0.507 e. The number of carbonyl (C=O) groups excluding carboxylic acids is 1. The number of fused-ring (bicyclic) bond motifs is 1. The molecule has 7 heteroatoms. The van der Waals surface area contributed by atoms with Crippen molar-refractivity contribution >= 4 is 17.5 Å². The number of unbranched alkanes of at least 4 members (excludes halogenated alkanes) is 2. The van der Waals surface area contributed by atoms with Crippen molar-refractivity contribution in [1.29, 1.82) is 0 Å². The van der Waals surface area contributed by atoms with Crippen LogP contribution in [-0.4, -0.2) is 39.3 Å². The summed E-state index contributed by atoms with van der Waals surface area (Å²) in [5.74, 6) is 0.777. The number of nitrogens with zero attached hydrogens (tertiary/aromatic N) is 2. The van der Waals surface area contributed by atoms with Gasteiger partial charge in [0.05, 0.1) is 12.6 Å². The minimum atomic E-state index is -0.304. The van der Waals surface area contributed by atoms with Gasteiger partial charge < -0.3 is 14.7 Å². The highest BCUT2D eigenvalue weighted by Crippen LogP contribution is 2.45. The first-order valence-electron chi connectivity index (χ1n) is 10.7. The number of phenols is 1. The van der Waals surface area contributed by atoms with Crippen LogP contribution in [0.5, 0.6) is 11.5 Å². The second kappa shape index (κ2) is 9.02. The Balaban J connectivity index is 1.81. The van der Waals surface area contributed by atoms with Crippen LogP contribution in [0.1, 0.15) is 60.8 Å². The van der Waals surface area contributed by atoms with E-state index in [1.165, 1.54) is 0 Å². The number of rotatable bonds is 8. The molecule has 31 heavy (non-hydrogen) atoms. The summed E-state index contributed by atoms with van der Waals surface area (Å²) in [4.78, 5) is 15.2. The highest BCUT2D eigenvalue weighted by atomic mass is 35.5. The number of amides is 1. The maximum atomic E-state index is 13.3. The third kappa shape index (κ3) is 4.00. The van der Waals surface area contributed by atoms with E-state index < -0.39 is 0 Å². The van der Waals surface area contributed by atoms with Crippen LogP contribution in [-0.2, 0) is 0 Å². The lowest BCUT2D eigenvalue weighted by Gasteiger charge is -2.26. The fourth-order valence-electron chi connectivity index (χ4n) is 4.12. The van der Waals surface area contributed by atoms with Crippen LogP contribution in [0.4, 0.5) is 0 Å². The van der Waals surface area contributed by atoms with Gasteiger partial charge in [-0.05, 0) is 49.2 Å². The Bertz CT molecular complexity index is 1080. The molecule has 0 fully saturated rings. The Morgan fingerprint density at radius 3 is 2.65 bits per heavy atom. The summed E-state index contributed by atoms with van der Waals surface area (Å²) in [7, 11) is 0. The number of nitrogens with one attached hydrogen (secondary N) is 1. The molecule has 3 aromatic rings. The number of ether oxygens (including phenoxy) is 1. The van der Waals surface area contributed by atoms with Gasteiger partial charge >= 0.3 is 0 Å². The van der Waals surface area contributed by atoms with Crippen molar-refractivity contribution in [3.63, 3.8) is 0 Å². The molecular weight excluding hydrogens is 414 g/mol. The van der Waals surface area contributed by atoms with Crippen LogP contribution in [0.15, 0.2) is 42.5 Å². The zero-order chi connectivity index (χ0) is 22.0. The second-order valence-corrected chi connectivity index (χ2v) is 8.07. The molecular formula is C24H26ClN3O3. The lowest BCUT2D eigenvalue weighted by Crippen LogP contribution is -2.30. The van der Waals surface area contributed by atoms with E-state index in [4.69, 9.17) is 16.3 Å². The average molecular weight is 440 g/mol. The number of carbonyl (C=O) groups is 1. The van der Waals surface area contributed by atoms with Gasteiger partial charge in [-0.15, -0.1) is 0 Å². The third-order valence-corrected chi connectivity index (χ3v) is 5.82. The van der Waals surface area contributed by atoms with Gasteiger partial charge in [-0.2, -0.15) is 5.10 Å².